The van der Waals surface area contributed by atoms with E-state index in [1.807, 2.05) is 5.38 Å². The molecule has 2 nitrogen and oxygen atoms in total. The fourth-order valence-corrected chi connectivity index (χ4v) is 2.01. The molecule has 0 saturated carbocycles. The van der Waals surface area contributed by atoms with Gasteiger partial charge in [0.15, 0.2) is 5.13 Å². The minimum absolute atomic E-state index is 0.113. The minimum Gasteiger partial charge on any atom is -0.346 e. The van der Waals surface area contributed by atoms with Gasteiger partial charge in [-0.15, -0.1) is 22.9 Å². The fourth-order valence-electron chi connectivity index (χ4n) is 0.799. The molecule has 1 aromatic rings. The van der Waals surface area contributed by atoms with Crippen molar-refractivity contribution in [1.82, 2.24) is 4.98 Å². The van der Waals surface area contributed by atoms with Crippen molar-refractivity contribution in [2.24, 2.45) is 0 Å². The number of nitrogens with zero attached hydrogens (tertiary/aromatic N) is 2. The standard InChI is InChI=1S/C9H15ClN2S/c1-9(2,3)12(4)8-11-7(5-10)6-13-8/h6H,5H2,1-4H3. The van der Waals surface area contributed by atoms with Gasteiger partial charge in [-0.3, -0.25) is 0 Å². The summed E-state index contributed by atoms with van der Waals surface area (Å²) < 4.78 is 0. The van der Waals surface area contributed by atoms with Crippen molar-refractivity contribution in [1.29, 1.82) is 0 Å². The maximum Gasteiger partial charge on any atom is 0.185 e. The first-order chi connectivity index (χ1) is 5.95. The number of aromatic nitrogens is 1. The van der Waals surface area contributed by atoms with Crippen LogP contribution in [0, 0.1) is 0 Å². The van der Waals surface area contributed by atoms with Gasteiger partial charge in [0.1, 0.15) is 0 Å². The van der Waals surface area contributed by atoms with E-state index in [4.69, 9.17) is 11.6 Å². The number of hydrogen-bond donors (Lipinski definition) is 0. The van der Waals surface area contributed by atoms with E-state index in [1.165, 1.54) is 0 Å². The molecule has 0 N–H and O–H groups in total. The second-order valence-corrected chi connectivity index (χ2v) is 5.09. The minimum atomic E-state index is 0.113. The number of rotatable bonds is 2. The lowest BCUT2D eigenvalue weighted by molar-refractivity contribution is 0.537. The van der Waals surface area contributed by atoms with E-state index in [0.29, 0.717) is 5.88 Å². The van der Waals surface area contributed by atoms with Crippen molar-refractivity contribution in [2.75, 3.05) is 11.9 Å². The second-order valence-electron chi connectivity index (χ2n) is 3.98. The van der Waals surface area contributed by atoms with Gasteiger partial charge in [-0.05, 0) is 20.8 Å². The summed E-state index contributed by atoms with van der Waals surface area (Å²) in [5.74, 6) is 0.495. The van der Waals surface area contributed by atoms with Gasteiger partial charge in [-0.2, -0.15) is 0 Å². The normalized spacial score (nSPS) is 11.8. The first-order valence-corrected chi connectivity index (χ1v) is 5.61. The molecule has 0 amide bonds. The summed E-state index contributed by atoms with van der Waals surface area (Å²) in [6.07, 6.45) is 0. The van der Waals surface area contributed by atoms with Crippen LogP contribution in [-0.4, -0.2) is 17.6 Å². The zero-order chi connectivity index (χ0) is 10.1. The van der Waals surface area contributed by atoms with Crippen LogP contribution in [0.25, 0.3) is 0 Å². The molecule has 74 valence electrons. The first-order valence-electron chi connectivity index (χ1n) is 4.19. The van der Waals surface area contributed by atoms with Crippen LogP contribution in [-0.2, 0) is 5.88 Å². The van der Waals surface area contributed by atoms with Gasteiger partial charge in [0.05, 0.1) is 11.6 Å². The molecule has 1 aromatic heterocycles. The van der Waals surface area contributed by atoms with Crippen LogP contribution in [0.5, 0.6) is 0 Å². The predicted octanol–water partition coefficient (Wildman–Crippen LogP) is 3.12. The van der Waals surface area contributed by atoms with E-state index in [2.05, 4.69) is 37.7 Å². The molecule has 0 bridgehead atoms. The van der Waals surface area contributed by atoms with Crippen molar-refractivity contribution >= 4 is 28.1 Å². The van der Waals surface area contributed by atoms with Crippen molar-refractivity contribution in [3.05, 3.63) is 11.1 Å². The third-order valence-corrected chi connectivity index (χ3v) is 3.21. The number of alkyl halides is 1. The molecule has 0 aromatic carbocycles. The zero-order valence-electron chi connectivity index (χ0n) is 8.47. The Bertz CT molecular complexity index is 277. The Hall–Kier alpha value is -0.280. The zero-order valence-corrected chi connectivity index (χ0v) is 10.0. The van der Waals surface area contributed by atoms with Crippen LogP contribution in [0.3, 0.4) is 0 Å². The predicted molar refractivity (Wildman–Crippen MR) is 59.8 cm³/mol. The maximum atomic E-state index is 5.68. The fraction of sp³-hybridized carbons (Fsp3) is 0.667. The largest absolute Gasteiger partial charge is 0.346 e. The SMILES string of the molecule is CN(c1nc(CCl)cs1)C(C)(C)C. The van der Waals surface area contributed by atoms with Crippen molar-refractivity contribution in [2.45, 2.75) is 32.2 Å². The summed E-state index contributed by atoms with van der Waals surface area (Å²) in [6, 6.07) is 0. The van der Waals surface area contributed by atoms with E-state index in [1.54, 1.807) is 11.3 Å². The third-order valence-electron chi connectivity index (χ3n) is 1.97. The average Bonchev–Trinajstić information content (AvgIpc) is 2.48. The molecule has 0 aliphatic heterocycles. The van der Waals surface area contributed by atoms with Crippen molar-refractivity contribution in [3.8, 4) is 0 Å². The Morgan fingerprint density at radius 3 is 2.54 bits per heavy atom. The molecular weight excluding hydrogens is 204 g/mol. The molecule has 0 radical (unpaired) electrons. The van der Waals surface area contributed by atoms with Gasteiger partial charge < -0.3 is 4.90 Å². The topological polar surface area (TPSA) is 16.1 Å². The summed E-state index contributed by atoms with van der Waals surface area (Å²) in [6.45, 7) is 6.48. The van der Waals surface area contributed by atoms with Crippen LogP contribution >= 0.6 is 22.9 Å². The molecule has 4 heteroatoms. The molecule has 1 rings (SSSR count). The second kappa shape index (κ2) is 3.84. The Labute approximate surface area is 88.5 Å². The van der Waals surface area contributed by atoms with Gasteiger partial charge in [-0.25, -0.2) is 4.98 Å². The molecule has 13 heavy (non-hydrogen) atoms. The monoisotopic (exact) mass is 218 g/mol. The lowest BCUT2D eigenvalue weighted by Crippen LogP contribution is -2.37. The molecular formula is C9H15ClN2S. The van der Waals surface area contributed by atoms with Crippen LogP contribution in [0.15, 0.2) is 5.38 Å². The van der Waals surface area contributed by atoms with E-state index in [9.17, 15) is 0 Å². The van der Waals surface area contributed by atoms with Gasteiger partial charge in [0.2, 0.25) is 0 Å². The van der Waals surface area contributed by atoms with Crippen LogP contribution in [0.2, 0.25) is 0 Å². The first kappa shape index (κ1) is 10.8. The molecule has 0 fully saturated rings. The third kappa shape index (κ3) is 2.58. The smallest absolute Gasteiger partial charge is 0.185 e. The number of anilines is 1. The molecule has 0 unspecified atom stereocenters. The molecule has 1 heterocycles. The van der Waals surface area contributed by atoms with Crippen LogP contribution in [0.4, 0.5) is 5.13 Å². The van der Waals surface area contributed by atoms with Crippen molar-refractivity contribution < 1.29 is 0 Å². The van der Waals surface area contributed by atoms with E-state index in [-0.39, 0.29) is 5.54 Å². The van der Waals surface area contributed by atoms with E-state index >= 15 is 0 Å². The van der Waals surface area contributed by atoms with Crippen LogP contribution in [0.1, 0.15) is 26.5 Å². The van der Waals surface area contributed by atoms with Gasteiger partial charge in [0, 0.05) is 18.0 Å². The number of halogens is 1. The summed E-state index contributed by atoms with van der Waals surface area (Å²) in [5.41, 5.74) is 1.07. The average molecular weight is 219 g/mol. The van der Waals surface area contributed by atoms with E-state index < -0.39 is 0 Å². The summed E-state index contributed by atoms with van der Waals surface area (Å²) >= 11 is 7.32. The number of thiazole rings is 1. The Morgan fingerprint density at radius 1 is 1.54 bits per heavy atom. The highest BCUT2D eigenvalue weighted by Crippen LogP contribution is 2.25. The highest BCUT2D eigenvalue weighted by molar-refractivity contribution is 7.13. The lowest BCUT2D eigenvalue weighted by Gasteiger charge is -2.31. The summed E-state index contributed by atoms with van der Waals surface area (Å²) in [4.78, 5) is 6.57. The van der Waals surface area contributed by atoms with Gasteiger partial charge in [-0.1, -0.05) is 0 Å². The summed E-state index contributed by atoms with van der Waals surface area (Å²) in [7, 11) is 2.05. The summed E-state index contributed by atoms with van der Waals surface area (Å²) in [5, 5.41) is 3.04. The van der Waals surface area contributed by atoms with Crippen molar-refractivity contribution in [3.63, 3.8) is 0 Å². The number of hydrogen-bond acceptors (Lipinski definition) is 3. The Balaban J connectivity index is 2.83. The molecule has 0 saturated heterocycles. The Kier molecular flexibility index (Phi) is 3.19. The van der Waals surface area contributed by atoms with E-state index in [0.717, 1.165) is 10.8 Å². The highest BCUT2D eigenvalue weighted by Gasteiger charge is 2.19. The lowest BCUT2D eigenvalue weighted by atomic mass is 10.1. The molecule has 0 atom stereocenters. The maximum absolute atomic E-state index is 5.68. The Morgan fingerprint density at radius 2 is 2.15 bits per heavy atom. The molecule has 0 aliphatic rings. The van der Waals surface area contributed by atoms with Gasteiger partial charge >= 0.3 is 0 Å². The highest BCUT2D eigenvalue weighted by atomic mass is 35.5. The van der Waals surface area contributed by atoms with Crippen LogP contribution < -0.4 is 4.90 Å². The molecule has 0 aliphatic carbocycles. The molecule has 0 spiro atoms. The quantitative estimate of drug-likeness (QED) is 0.710. The van der Waals surface area contributed by atoms with Gasteiger partial charge in [0.25, 0.3) is 0 Å².